The lowest BCUT2D eigenvalue weighted by Crippen LogP contribution is -2.31. The number of aryl methyl sites for hydroxylation is 1. The number of hydrogen-bond donors (Lipinski definition) is 0. The van der Waals surface area contributed by atoms with Crippen LogP contribution in [0.4, 0.5) is 0 Å². The van der Waals surface area contributed by atoms with E-state index in [2.05, 4.69) is 37.7 Å². The molecule has 4 rings (SSSR count). The third-order valence-electron chi connectivity index (χ3n) is 7.36. The predicted molar refractivity (Wildman–Crippen MR) is 144 cm³/mol. The Hall–Kier alpha value is -2.40. The molecule has 0 spiro atoms. The molecule has 1 unspecified atom stereocenters. The van der Waals surface area contributed by atoms with E-state index in [9.17, 15) is 4.79 Å². The molecule has 1 aliphatic rings. The van der Waals surface area contributed by atoms with Crippen molar-refractivity contribution < 1.29 is 4.74 Å². The van der Waals surface area contributed by atoms with Crippen molar-refractivity contribution in [2.24, 2.45) is 11.8 Å². The SMILES string of the molecule is CCCCC(C)CC.COc1ccc2ncc3ccc(=O)n(CCC4CCN(C)CC4)c3c2c1. The van der Waals surface area contributed by atoms with Crippen molar-refractivity contribution in [1.29, 1.82) is 0 Å². The average molecular weight is 466 g/mol. The van der Waals surface area contributed by atoms with Crippen molar-refractivity contribution in [1.82, 2.24) is 14.5 Å². The second-order valence-electron chi connectivity index (χ2n) is 9.96. The molecule has 1 saturated heterocycles. The van der Waals surface area contributed by atoms with Gasteiger partial charge in [0.25, 0.3) is 5.56 Å². The summed E-state index contributed by atoms with van der Waals surface area (Å²) in [7, 11) is 3.84. The third-order valence-corrected chi connectivity index (χ3v) is 7.36. The van der Waals surface area contributed by atoms with E-state index in [1.807, 2.05) is 35.0 Å². The first-order chi connectivity index (χ1) is 16.5. The molecule has 1 aliphatic heterocycles. The number of pyridine rings is 2. The summed E-state index contributed by atoms with van der Waals surface area (Å²) in [5.74, 6) is 2.43. The second kappa shape index (κ2) is 12.9. The lowest BCUT2D eigenvalue weighted by Gasteiger charge is -2.29. The number of ether oxygens (including phenoxy) is 1. The highest BCUT2D eigenvalue weighted by molar-refractivity contribution is 6.03. The Bertz CT molecular complexity index is 1100. The molecule has 186 valence electrons. The van der Waals surface area contributed by atoms with Crippen LogP contribution in [0.2, 0.25) is 0 Å². The first kappa shape index (κ1) is 26.2. The third kappa shape index (κ3) is 6.82. The topological polar surface area (TPSA) is 47.4 Å². The maximum atomic E-state index is 12.7. The fraction of sp³-hybridized carbons (Fsp3) is 0.586. The molecule has 1 aromatic carbocycles. The minimum Gasteiger partial charge on any atom is -0.497 e. The number of rotatable bonds is 8. The molecule has 3 heterocycles. The summed E-state index contributed by atoms with van der Waals surface area (Å²) < 4.78 is 7.31. The van der Waals surface area contributed by atoms with E-state index in [-0.39, 0.29) is 5.56 Å². The number of aromatic nitrogens is 2. The van der Waals surface area contributed by atoms with E-state index in [0.29, 0.717) is 5.92 Å². The molecule has 1 atom stereocenters. The molecule has 0 radical (unpaired) electrons. The molecule has 34 heavy (non-hydrogen) atoms. The summed E-state index contributed by atoms with van der Waals surface area (Å²) >= 11 is 0. The summed E-state index contributed by atoms with van der Waals surface area (Å²) in [4.78, 5) is 19.6. The number of piperidine rings is 1. The zero-order valence-corrected chi connectivity index (χ0v) is 21.8. The summed E-state index contributed by atoms with van der Waals surface area (Å²) in [5.41, 5.74) is 1.91. The van der Waals surface area contributed by atoms with Crippen LogP contribution in [0, 0.1) is 11.8 Å². The molecule has 0 aliphatic carbocycles. The van der Waals surface area contributed by atoms with Gasteiger partial charge < -0.3 is 14.2 Å². The molecule has 3 aromatic rings. The Morgan fingerprint density at radius 3 is 2.59 bits per heavy atom. The van der Waals surface area contributed by atoms with Crippen LogP contribution in [-0.2, 0) is 6.54 Å². The maximum absolute atomic E-state index is 12.7. The Kier molecular flexibility index (Phi) is 9.94. The molecular formula is C29H43N3O2. The summed E-state index contributed by atoms with van der Waals surface area (Å²) in [6, 6.07) is 9.37. The van der Waals surface area contributed by atoms with Gasteiger partial charge in [-0.25, -0.2) is 0 Å². The Labute approximate surface area is 205 Å². The van der Waals surface area contributed by atoms with Crippen molar-refractivity contribution in [3.63, 3.8) is 0 Å². The van der Waals surface area contributed by atoms with Gasteiger partial charge in [-0.3, -0.25) is 9.78 Å². The first-order valence-corrected chi connectivity index (χ1v) is 13.1. The maximum Gasteiger partial charge on any atom is 0.251 e. The minimum absolute atomic E-state index is 0.0562. The normalized spacial score (nSPS) is 15.8. The lowest BCUT2D eigenvalue weighted by molar-refractivity contribution is 0.208. The van der Waals surface area contributed by atoms with Crippen LogP contribution in [0.1, 0.15) is 65.7 Å². The quantitative estimate of drug-likeness (QED) is 0.356. The highest BCUT2D eigenvalue weighted by Gasteiger charge is 2.17. The van der Waals surface area contributed by atoms with Gasteiger partial charge in [-0.2, -0.15) is 0 Å². The van der Waals surface area contributed by atoms with Crippen LogP contribution in [0.5, 0.6) is 5.75 Å². The Morgan fingerprint density at radius 2 is 1.91 bits per heavy atom. The van der Waals surface area contributed by atoms with Crippen LogP contribution in [0.25, 0.3) is 21.8 Å². The van der Waals surface area contributed by atoms with E-state index in [4.69, 9.17) is 4.74 Å². The van der Waals surface area contributed by atoms with Crippen LogP contribution >= 0.6 is 0 Å². The number of hydrogen-bond acceptors (Lipinski definition) is 4. The number of methoxy groups -OCH3 is 1. The van der Waals surface area contributed by atoms with Crippen molar-refractivity contribution in [3.8, 4) is 5.75 Å². The van der Waals surface area contributed by atoms with Gasteiger partial charge in [0.1, 0.15) is 5.75 Å². The van der Waals surface area contributed by atoms with Gasteiger partial charge in [0.2, 0.25) is 0 Å². The predicted octanol–water partition coefficient (Wildman–Crippen LogP) is 6.51. The Morgan fingerprint density at radius 1 is 1.15 bits per heavy atom. The van der Waals surface area contributed by atoms with E-state index in [0.717, 1.165) is 59.5 Å². The average Bonchev–Trinajstić information content (AvgIpc) is 2.87. The monoisotopic (exact) mass is 465 g/mol. The lowest BCUT2D eigenvalue weighted by atomic mass is 9.94. The molecule has 5 heteroatoms. The largest absolute Gasteiger partial charge is 0.497 e. The summed E-state index contributed by atoms with van der Waals surface area (Å²) in [6.45, 7) is 9.90. The minimum atomic E-state index is 0.0562. The number of benzene rings is 1. The number of unbranched alkanes of at least 4 members (excludes halogenated alkanes) is 1. The van der Waals surface area contributed by atoms with Crippen molar-refractivity contribution >= 4 is 21.8 Å². The van der Waals surface area contributed by atoms with E-state index in [1.54, 1.807) is 13.2 Å². The summed E-state index contributed by atoms with van der Waals surface area (Å²) in [5, 5.41) is 1.97. The fourth-order valence-corrected chi connectivity index (χ4v) is 4.73. The molecule has 0 N–H and O–H groups in total. The molecule has 2 aromatic heterocycles. The van der Waals surface area contributed by atoms with Gasteiger partial charge in [0.05, 0.1) is 18.1 Å². The molecule has 0 saturated carbocycles. The van der Waals surface area contributed by atoms with E-state index >= 15 is 0 Å². The van der Waals surface area contributed by atoms with Gasteiger partial charge in [-0.1, -0.05) is 46.5 Å². The van der Waals surface area contributed by atoms with Crippen molar-refractivity contribution in [3.05, 3.63) is 46.9 Å². The van der Waals surface area contributed by atoms with Gasteiger partial charge in [-0.15, -0.1) is 0 Å². The molecule has 0 amide bonds. The molecule has 1 fully saturated rings. The molecule has 0 bridgehead atoms. The standard InChI is InChI=1S/C21H25N3O2.C8H18/c1-23-10-7-15(8-11-23)9-12-24-20(25)6-3-16-14-22-19-5-4-17(26-2)13-18(19)21(16)24;1-4-6-7-8(3)5-2/h3-6,13-15H,7-12H2,1-2H3;8H,4-7H2,1-3H3. The highest BCUT2D eigenvalue weighted by Crippen LogP contribution is 2.27. The molecule has 5 nitrogen and oxygen atoms in total. The van der Waals surface area contributed by atoms with Crippen LogP contribution < -0.4 is 10.3 Å². The second-order valence-corrected chi connectivity index (χ2v) is 9.96. The van der Waals surface area contributed by atoms with Crippen LogP contribution in [-0.4, -0.2) is 41.7 Å². The number of likely N-dealkylation sites (tertiary alicyclic amines) is 1. The van der Waals surface area contributed by atoms with E-state index in [1.165, 1.54) is 38.5 Å². The summed E-state index contributed by atoms with van der Waals surface area (Å²) in [6.07, 6.45) is 10.9. The highest BCUT2D eigenvalue weighted by atomic mass is 16.5. The zero-order chi connectivity index (χ0) is 24.5. The van der Waals surface area contributed by atoms with Crippen molar-refractivity contribution in [2.45, 2.75) is 72.3 Å². The van der Waals surface area contributed by atoms with Gasteiger partial charge >= 0.3 is 0 Å². The first-order valence-electron chi connectivity index (χ1n) is 13.1. The number of fused-ring (bicyclic) bond motifs is 3. The van der Waals surface area contributed by atoms with Crippen LogP contribution in [0.15, 0.2) is 41.3 Å². The molecular weight excluding hydrogens is 422 g/mol. The van der Waals surface area contributed by atoms with Gasteiger partial charge in [0, 0.05) is 29.6 Å². The zero-order valence-electron chi connectivity index (χ0n) is 21.8. The van der Waals surface area contributed by atoms with Crippen molar-refractivity contribution in [2.75, 3.05) is 27.2 Å². The van der Waals surface area contributed by atoms with E-state index < -0.39 is 0 Å². The fourth-order valence-electron chi connectivity index (χ4n) is 4.73. The smallest absolute Gasteiger partial charge is 0.251 e. The van der Waals surface area contributed by atoms with Gasteiger partial charge in [0.15, 0.2) is 0 Å². The Balaban J connectivity index is 0.000000350. The number of nitrogens with zero attached hydrogens (tertiary/aromatic N) is 3. The van der Waals surface area contributed by atoms with Crippen LogP contribution in [0.3, 0.4) is 0 Å². The van der Waals surface area contributed by atoms with Gasteiger partial charge in [-0.05, 0) is 75.5 Å².